The van der Waals surface area contributed by atoms with Crippen LogP contribution in [0.3, 0.4) is 0 Å². The van der Waals surface area contributed by atoms with E-state index in [4.69, 9.17) is 5.73 Å². The number of nitrogens with two attached hydrogens (primary N) is 1. The van der Waals surface area contributed by atoms with Crippen molar-refractivity contribution in [3.8, 4) is 0 Å². The molecule has 19 heavy (non-hydrogen) atoms. The molecule has 0 spiro atoms. The van der Waals surface area contributed by atoms with E-state index in [0.29, 0.717) is 5.92 Å². The van der Waals surface area contributed by atoms with Crippen LogP contribution in [0.15, 0.2) is 24.3 Å². The molecule has 1 saturated carbocycles. The van der Waals surface area contributed by atoms with Crippen LogP contribution in [0.5, 0.6) is 0 Å². The van der Waals surface area contributed by atoms with Gasteiger partial charge in [0.2, 0.25) is 5.91 Å². The summed E-state index contributed by atoms with van der Waals surface area (Å²) in [5.41, 5.74) is 8.41. The zero-order chi connectivity index (χ0) is 13.3. The van der Waals surface area contributed by atoms with Crippen LogP contribution in [-0.4, -0.2) is 18.0 Å². The van der Waals surface area contributed by atoms with Gasteiger partial charge in [0.1, 0.15) is 0 Å². The highest BCUT2D eigenvalue weighted by Crippen LogP contribution is 2.32. The van der Waals surface area contributed by atoms with Crippen LogP contribution in [0, 0.1) is 0 Å². The molecular weight excluding hydrogens is 236 g/mol. The summed E-state index contributed by atoms with van der Waals surface area (Å²) < 4.78 is 0. The minimum absolute atomic E-state index is 0.0504. The molecule has 0 aromatic heterocycles. The quantitative estimate of drug-likeness (QED) is 0.872. The number of carbonyl (C=O) groups excluding carboxylic acids is 1. The molecule has 0 aliphatic heterocycles. The fraction of sp³-hybridized carbons (Fsp3) is 0.562. The van der Waals surface area contributed by atoms with Crippen LogP contribution in [0.1, 0.15) is 49.1 Å². The van der Waals surface area contributed by atoms with Crippen molar-refractivity contribution in [2.24, 2.45) is 5.73 Å². The van der Waals surface area contributed by atoms with E-state index in [1.165, 1.54) is 11.1 Å². The highest BCUT2D eigenvalue weighted by atomic mass is 16.2. The molecule has 2 aliphatic carbocycles. The average Bonchev–Trinajstić information content (AvgIpc) is 3.03. The molecule has 1 amide bonds. The third kappa shape index (κ3) is 2.39. The van der Waals surface area contributed by atoms with E-state index in [0.717, 1.165) is 45.1 Å². The summed E-state index contributed by atoms with van der Waals surface area (Å²) in [4.78, 5) is 12.2. The highest BCUT2D eigenvalue weighted by Gasteiger charge is 2.37. The second-order valence-electron chi connectivity index (χ2n) is 6.01. The topological polar surface area (TPSA) is 55.1 Å². The molecule has 3 heteroatoms. The Kier molecular flexibility index (Phi) is 3.31. The van der Waals surface area contributed by atoms with Crippen LogP contribution in [0.25, 0.3) is 0 Å². The van der Waals surface area contributed by atoms with Gasteiger partial charge in [-0.25, -0.2) is 0 Å². The number of carbonyl (C=O) groups is 1. The third-order valence-corrected chi connectivity index (χ3v) is 4.71. The van der Waals surface area contributed by atoms with Crippen molar-refractivity contribution in [1.29, 1.82) is 0 Å². The van der Waals surface area contributed by atoms with Crippen LogP contribution in [0.4, 0.5) is 0 Å². The van der Waals surface area contributed by atoms with Gasteiger partial charge in [-0.05, 0) is 36.8 Å². The minimum atomic E-state index is -0.599. The number of hydrogen-bond donors (Lipinski definition) is 2. The second kappa shape index (κ2) is 4.97. The van der Waals surface area contributed by atoms with Crippen molar-refractivity contribution < 1.29 is 4.79 Å². The lowest BCUT2D eigenvalue weighted by molar-refractivity contribution is -0.126. The molecule has 1 aromatic rings. The van der Waals surface area contributed by atoms with Gasteiger partial charge in [0.25, 0.3) is 0 Å². The van der Waals surface area contributed by atoms with Gasteiger partial charge in [-0.15, -0.1) is 0 Å². The van der Waals surface area contributed by atoms with Gasteiger partial charge in [0.05, 0.1) is 5.54 Å². The average molecular weight is 258 g/mol. The van der Waals surface area contributed by atoms with E-state index < -0.39 is 5.54 Å². The normalized spacial score (nSPS) is 24.2. The Morgan fingerprint density at radius 2 is 2.05 bits per heavy atom. The summed E-state index contributed by atoms with van der Waals surface area (Å²) in [5, 5.41) is 3.08. The van der Waals surface area contributed by atoms with Gasteiger partial charge in [0.15, 0.2) is 0 Å². The first kappa shape index (κ1) is 12.7. The molecule has 102 valence electrons. The number of rotatable bonds is 3. The molecule has 3 N–H and O–H groups in total. The summed E-state index contributed by atoms with van der Waals surface area (Å²) >= 11 is 0. The molecule has 0 saturated heterocycles. The largest absolute Gasteiger partial charge is 0.354 e. The van der Waals surface area contributed by atoms with Gasteiger partial charge in [-0.2, -0.15) is 0 Å². The Balaban J connectivity index is 1.60. The number of amides is 1. The standard InChI is InChI=1S/C16H22N2O/c17-16(9-3-4-10-16)15(19)18-11-13-8-7-12-5-1-2-6-14(12)13/h1-2,5-6,13H,3-4,7-11,17H2,(H,18,19). The second-order valence-corrected chi connectivity index (χ2v) is 6.01. The number of fused-ring (bicyclic) bond motifs is 1. The maximum atomic E-state index is 12.2. The van der Waals surface area contributed by atoms with Crippen molar-refractivity contribution >= 4 is 5.91 Å². The first-order chi connectivity index (χ1) is 9.19. The molecule has 1 unspecified atom stereocenters. The smallest absolute Gasteiger partial charge is 0.240 e. The Bertz CT molecular complexity index is 477. The fourth-order valence-corrected chi connectivity index (χ4v) is 3.48. The van der Waals surface area contributed by atoms with Crippen LogP contribution in [0.2, 0.25) is 0 Å². The highest BCUT2D eigenvalue weighted by molar-refractivity contribution is 5.86. The summed E-state index contributed by atoms with van der Waals surface area (Å²) in [5.74, 6) is 0.513. The minimum Gasteiger partial charge on any atom is -0.354 e. The van der Waals surface area contributed by atoms with Crippen LogP contribution < -0.4 is 11.1 Å². The number of hydrogen-bond acceptors (Lipinski definition) is 2. The van der Waals surface area contributed by atoms with Crippen molar-refractivity contribution in [2.45, 2.75) is 50.0 Å². The van der Waals surface area contributed by atoms with Crippen molar-refractivity contribution in [3.05, 3.63) is 35.4 Å². The molecule has 0 radical (unpaired) electrons. The fourth-order valence-electron chi connectivity index (χ4n) is 3.48. The molecule has 0 heterocycles. The summed E-state index contributed by atoms with van der Waals surface area (Å²) in [7, 11) is 0. The van der Waals surface area contributed by atoms with Crippen LogP contribution >= 0.6 is 0 Å². The van der Waals surface area contributed by atoms with E-state index in [1.807, 2.05) is 0 Å². The SMILES string of the molecule is NC1(C(=O)NCC2CCc3ccccc32)CCCC1. The van der Waals surface area contributed by atoms with Crippen molar-refractivity contribution in [2.75, 3.05) is 6.54 Å². The van der Waals surface area contributed by atoms with E-state index in [1.54, 1.807) is 0 Å². The molecule has 1 fully saturated rings. The van der Waals surface area contributed by atoms with E-state index in [-0.39, 0.29) is 5.91 Å². The first-order valence-electron chi connectivity index (χ1n) is 7.34. The summed E-state index contributed by atoms with van der Waals surface area (Å²) in [6, 6.07) is 8.55. The first-order valence-corrected chi connectivity index (χ1v) is 7.34. The van der Waals surface area contributed by atoms with Gasteiger partial charge in [0, 0.05) is 12.5 Å². The van der Waals surface area contributed by atoms with Gasteiger partial charge < -0.3 is 11.1 Å². The third-order valence-electron chi connectivity index (χ3n) is 4.71. The lowest BCUT2D eigenvalue weighted by atomic mass is 9.96. The number of benzene rings is 1. The Morgan fingerprint density at radius 3 is 2.84 bits per heavy atom. The molecule has 1 aromatic carbocycles. The molecule has 1 atom stereocenters. The van der Waals surface area contributed by atoms with Crippen LogP contribution in [-0.2, 0) is 11.2 Å². The zero-order valence-corrected chi connectivity index (χ0v) is 11.3. The predicted octanol–water partition coefficient (Wildman–Crippen LogP) is 2.10. The lowest BCUT2D eigenvalue weighted by Crippen LogP contribution is -2.52. The van der Waals surface area contributed by atoms with Crippen molar-refractivity contribution in [1.82, 2.24) is 5.32 Å². The summed E-state index contributed by atoms with van der Waals surface area (Å²) in [6.07, 6.45) is 6.09. The van der Waals surface area contributed by atoms with E-state index >= 15 is 0 Å². The Morgan fingerprint density at radius 1 is 1.32 bits per heavy atom. The maximum Gasteiger partial charge on any atom is 0.240 e. The van der Waals surface area contributed by atoms with E-state index in [9.17, 15) is 4.79 Å². The van der Waals surface area contributed by atoms with E-state index in [2.05, 4.69) is 29.6 Å². The van der Waals surface area contributed by atoms with Gasteiger partial charge >= 0.3 is 0 Å². The number of aryl methyl sites for hydroxylation is 1. The lowest BCUT2D eigenvalue weighted by Gasteiger charge is -2.23. The zero-order valence-electron chi connectivity index (χ0n) is 11.3. The predicted molar refractivity (Wildman–Crippen MR) is 75.9 cm³/mol. The number of nitrogens with one attached hydrogen (secondary N) is 1. The Labute approximate surface area is 114 Å². The molecular formula is C16H22N2O. The molecule has 2 aliphatic rings. The van der Waals surface area contributed by atoms with Gasteiger partial charge in [-0.3, -0.25) is 4.79 Å². The molecule has 0 bridgehead atoms. The molecule has 3 rings (SSSR count). The monoisotopic (exact) mass is 258 g/mol. The molecule has 3 nitrogen and oxygen atoms in total. The summed E-state index contributed by atoms with van der Waals surface area (Å²) in [6.45, 7) is 0.731. The maximum absolute atomic E-state index is 12.2. The van der Waals surface area contributed by atoms with Gasteiger partial charge in [-0.1, -0.05) is 37.1 Å². The Hall–Kier alpha value is -1.35. The van der Waals surface area contributed by atoms with Crippen molar-refractivity contribution in [3.63, 3.8) is 0 Å².